The Balaban J connectivity index is 2.23. The van der Waals surface area contributed by atoms with Gasteiger partial charge in [-0.05, 0) is 57.4 Å². The molecule has 3 N–H and O–H groups in total. The monoisotopic (exact) mass is 231 g/mol. The normalized spacial score (nSPS) is 24.7. The molecule has 1 fully saturated rings. The molecule has 0 aromatic heterocycles. The van der Waals surface area contributed by atoms with E-state index in [0.29, 0.717) is 12.1 Å². The van der Waals surface area contributed by atoms with Crippen LogP contribution in [0.1, 0.15) is 38.7 Å². The standard InChI is InChI=1S/C14H21N3/c1-10-4-3-5-11(2)17(10)13-8-6-12(7-9-13)14(15)16/h6-11H,3-5H2,1-2H3,(H3,15,16). The van der Waals surface area contributed by atoms with Crippen LogP contribution >= 0.6 is 0 Å². The second-order valence-electron chi connectivity index (χ2n) is 5.00. The first kappa shape index (κ1) is 12.0. The largest absolute Gasteiger partial charge is 0.384 e. The second-order valence-corrected chi connectivity index (χ2v) is 5.00. The summed E-state index contributed by atoms with van der Waals surface area (Å²) in [6.45, 7) is 4.57. The van der Waals surface area contributed by atoms with Gasteiger partial charge in [0.25, 0.3) is 0 Å². The van der Waals surface area contributed by atoms with Crippen LogP contribution in [0, 0.1) is 5.41 Å². The van der Waals surface area contributed by atoms with Crippen molar-refractivity contribution in [1.29, 1.82) is 5.41 Å². The Kier molecular flexibility index (Phi) is 3.36. The van der Waals surface area contributed by atoms with Gasteiger partial charge in [0.05, 0.1) is 0 Å². The highest BCUT2D eigenvalue weighted by Gasteiger charge is 2.24. The van der Waals surface area contributed by atoms with Crippen LogP contribution in [0.5, 0.6) is 0 Å². The third-order valence-electron chi connectivity index (χ3n) is 3.67. The fraction of sp³-hybridized carbons (Fsp3) is 0.500. The van der Waals surface area contributed by atoms with Gasteiger partial charge in [-0.3, -0.25) is 5.41 Å². The molecule has 0 saturated carbocycles. The molecule has 17 heavy (non-hydrogen) atoms. The molecule has 2 atom stereocenters. The van der Waals surface area contributed by atoms with Crippen molar-refractivity contribution in [1.82, 2.24) is 0 Å². The minimum Gasteiger partial charge on any atom is -0.384 e. The molecule has 0 radical (unpaired) electrons. The molecule has 2 rings (SSSR count). The molecule has 0 spiro atoms. The number of nitrogens with one attached hydrogen (secondary N) is 1. The lowest BCUT2D eigenvalue weighted by molar-refractivity contribution is 0.414. The Morgan fingerprint density at radius 1 is 1.18 bits per heavy atom. The van der Waals surface area contributed by atoms with Crippen molar-refractivity contribution in [2.24, 2.45) is 5.73 Å². The van der Waals surface area contributed by atoms with Crippen LogP contribution in [0.2, 0.25) is 0 Å². The topological polar surface area (TPSA) is 53.1 Å². The SMILES string of the molecule is CC1CCCC(C)N1c1ccc(C(=N)N)cc1. The van der Waals surface area contributed by atoms with Gasteiger partial charge in [0.15, 0.2) is 0 Å². The highest BCUT2D eigenvalue weighted by atomic mass is 15.2. The number of nitrogens with two attached hydrogens (primary N) is 1. The van der Waals surface area contributed by atoms with Crippen molar-refractivity contribution in [2.75, 3.05) is 4.90 Å². The summed E-state index contributed by atoms with van der Waals surface area (Å²) in [5.74, 6) is 0.135. The zero-order valence-electron chi connectivity index (χ0n) is 10.6. The molecule has 3 heteroatoms. The number of rotatable bonds is 2. The first-order valence-electron chi connectivity index (χ1n) is 6.32. The number of nitrogen functional groups attached to an aromatic ring is 1. The van der Waals surface area contributed by atoms with Gasteiger partial charge < -0.3 is 10.6 Å². The third kappa shape index (κ3) is 2.43. The van der Waals surface area contributed by atoms with E-state index < -0.39 is 0 Å². The molecule has 1 heterocycles. The zero-order valence-corrected chi connectivity index (χ0v) is 10.6. The minimum atomic E-state index is 0.135. The van der Waals surface area contributed by atoms with Gasteiger partial charge in [0, 0.05) is 23.3 Å². The van der Waals surface area contributed by atoms with Gasteiger partial charge in [-0.1, -0.05) is 0 Å². The molecule has 0 aliphatic carbocycles. The lowest BCUT2D eigenvalue weighted by Crippen LogP contribution is -2.43. The van der Waals surface area contributed by atoms with Crippen molar-refractivity contribution in [3.05, 3.63) is 29.8 Å². The van der Waals surface area contributed by atoms with Gasteiger partial charge in [0.2, 0.25) is 0 Å². The summed E-state index contributed by atoms with van der Waals surface area (Å²) < 4.78 is 0. The number of nitrogens with zero attached hydrogens (tertiary/aromatic N) is 1. The number of benzene rings is 1. The number of piperidine rings is 1. The average Bonchev–Trinajstić information content (AvgIpc) is 2.29. The van der Waals surface area contributed by atoms with Crippen LogP contribution in [0.4, 0.5) is 5.69 Å². The van der Waals surface area contributed by atoms with E-state index in [2.05, 4.69) is 30.9 Å². The summed E-state index contributed by atoms with van der Waals surface area (Å²) in [5, 5.41) is 7.39. The van der Waals surface area contributed by atoms with E-state index >= 15 is 0 Å². The van der Waals surface area contributed by atoms with Gasteiger partial charge in [-0.25, -0.2) is 0 Å². The zero-order chi connectivity index (χ0) is 12.4. The molecule has 2 unspecified atom stereocenters. The maximum absolute atomic E-state index is 7.39. The molecule has 1 aliphatic heterocycles. The van der Waals surface area contributed by atoms with Crippen LogP contribution in [-0.2, 0) is 0 Å². The molecule has 1 aromatic carbocycles. The van der Waals surface area contributed by atoms with Crippen molar-refractivity contribution in [3.63, 3.8) is 0 Å². The fourth-order valence-electron chi connectivity index (χ4n) is 2.74. The van der Waals surface area contributed by atoms with E-state index in [-0.39, 0.29) is 5.84 Å². The van der Waals surface area contributed by atoms with E-state index in [0.717, 1.165) is 5.56 Å². The number of hydrogen-bond acceptors (Lipinski definition) is 2. The Morgan fingerprint density at radius 2 is 1.71 bits per heavy atom. The van der Waals surface area contributed by atoms with Crippen LogP contribution in [0.15, 0.2) is 24.3 Å². The maximum Gasteiger partial charge on any atom is 0.122 e. The molecular weight excluding hydrogens is 210 g/mol. The minimum absolute atomic E-state index is 0.135. The maximum atomic E-state index is 7.39. The Labute approximate surface area is 103 Å². The fourth-order valence-corrected chi connectivity index (χ4v) is 2.74. The molecule has 0 amide bonds. The Bertz CT molecular complexity index is 386. The van der Waals surface area contributed by atoms with E-state index in [4.69, 9.17) is 11.1 Å². The van der Waals surface area contributed by atoms with Gasteiger partial charge in [-0.2, -0.15) is 0 Å². The lowest BCUT2D eigenvalue weighted by atomic mass is 9.96. The van der Waals surface area contributed by atoms with Crippen LogP contribution < -0.4 is 10.6 Å². The van der Waals surface area contributed by atoms with Crippen LogP contribution in [0.3, 0.4) is 0 Å². The molecule has 0 bridgehead atoms. The van der Waals surface area contributed by atoms with E-state index in [9.17, 15) is 0 Å². The summed E-state index contributed by atoms with van der Waals surface area (Å²) in [6, 6.07) is 9.23. The predicted molar refractivity (Wildman–Crippen MR) is 72.7 cm³/mol. The van der Waals surface area contributed by atoms with Crippen molar-refractivity contribution in [3.8, 4) is 0 Å². The van der Waals surface area contributed by atoms with E-state index in [1.807, 2.05) is 12.1 Å². The summed E-state index contributed by atoms with van der Waals surface area (Å²) in [7, 11) is 0. The van der Waals surface area contributed by atoms with Gasteiger partial charge in [0.1, 0.15) is 5.84 Å². The van der Waals surface area contributed by atoms with E-state index in [1.54, 1.807) is 0 Å². The lowest BCUT2D eigenvalue weighted by Gasteiger charge is -2.41. The first-order chi connectivity index (χ1) is 8.09. The molecular formula is C14H21N3. The average molecular weight is 231 g/mol. The second kappa shape index (κ2) is 4.78. The third-order valence-corrected chi connectivity index (χ3v) is 3.67. The summed E-state index contributed by atoms with van der Waals surface area (Å²) in [5.41, 5.74) is 7.51. The number of hydrogen-bond donors (Lipinski definition) is 2. The van der Waals surface area contributed by atoms with Crippen molar-refractivity contribution in [2.45, 2.75) is 45.2 Å². The summed E-state index contributed by atoms with van der Waals surface area (Å²) >= 11 is 0. The summed E-state index contributed by atoms with van der Waals surface area (Å²) in [4.78, 5) is 2.48. The van der Waals surface area contributed by atoms with Gasteiger partial charge in [-0.15, -0.1) is 0 Å². The van der Waals surface area contributed by atoms with Crippen LogP contribution in [0.25, 0.3) is 0 Å². The molecule has 1 aromatic rings. The summed E-state index contributed by atoms with van der Waals surface area (Å²) in [6.07, 6.45) is 3.85. The van der Waals surface area contributed by atoms with Crippen molar-refractivity contribution >= 4 is 11.5 Å². The molecule has 1 saturated heterocycles. The highest BCUT2D eigenvalue weighted by molar-refractivity contribution is 5.95. The van der Waals surface area contributed by atoms with Crippen LogP contribution in [-0.4, -0.2) is 17.9 Å². The number of amidine groups is 1. The quantitative estimate of drug-likeness (QED) is 0.607. The predicted octanol–water partition coefficient (Wildman–Crippen LogP) is 2.74. The number of anilines is 1. The Hall–Kier alpha value is -1.51. The molecule has 1 aliphatic rings. The smallest absolute Gasteiger partial charge is 0.122 e. The first-order valence-corrected chi connectivity index (χ1v) is 6.32. The highest BCUT2D eigenvalue weighted by Crippen LogP contribution is 2.28. The molecule has 92 valence electrons. The van der Waals surface area contributed by atoms with Gasteiger partial charge >= 0.3 is 0 Å². The van der Waals surface area contributed by atoms with Crippen molar-refractivity contribution < 1.29 is 0 Å². The van der Waals surface area contributed by atoms with E-state index in [1.165, 1.54) is 24.9 Å². The molecule has 3 nitrogen and oxygen atoms in total. The Morgan fingerprint density at radius 3 is 2.18 bits per heavy atom.